The Morgan fingerprint density at radius 3 is 1.22 bits per heavy atom. The van der Waals surface area contributed by atoms with E-state index in [2.05, 4.69) is 42.5 Å². The Morgan fingerprint density at radius 2 is 0.882 bits per heavy atom. The molecule has 0 bridgehead atoms. The molecule has 0 aliphatic carbocycles. The predicted molar refractivity (Wildman–Crippen MR) is 294 cm³/mol. The van der Waals surface area contributed by atoms with E-state index in [1.807, 2.05) is 90.1 Å². The molecule has 18 nitrogen and oxygen atoms in total. The molecule has 3 aromatic rings. The van der Waals surface area contributed by atoms with Crippen LogP contribution in [-0.2, 0) is 28.8 Å². The highest BCUT2D eigenvalue weighted by Crippen LogP contribution is 2.38. The minimum Gasteiger partial charge on any atom is -0.347 e. The highest BCUT2D eigenvalue weighted by Gasteiger charge is 2.48. The third kappa shape index (κ3) is 13.6. The lowest BCUT2D eigenvalue weighted by atomic mass is 9.85. The summed E-state index contributed by atoms with van der Waals surface area (Å²) in [5.74, 6) is -1.66. The first-order valence-electron chi connectivity index (χ1n) is 26.3. The number of nitrogens with one attached hydrogen (secondary N) is 8. The Hall–Kier alpha value is -5.96. The Morgan fingerprint density at radius 1 is 0.526 bits per heavy atom. The van der Waals surface area contributed by atoms with Crippen molar-refractivity contribution in [3.8, 4) is 0 Å². The molecule has 0 aromatic heterocycles. The molecule has 76 heavy (non-hydrogen) atoms. The monoisotopic (exact) mass is 1080 g/mol. The van der Waals surface area contributed by atoms with Crippen molar-refractivity contribution in [2.75, 3.05) is 38.7 Å². The highest BCUT2D eigenvalue weighted by molar-refractivity contribution is 7.99. The van der Waals surface area contributed by atoms with Gasteiger partial charge in [-0.2, -0.15) is 0 Å². The topological polar surface area (TPSA) is 239 Å². The van der Waals surface area contributed by atoms with Crippen LogP contribution in [0.15, 0.2) is 82.6 Å². The first kappa shape index (κ1) is 57.7. The van der Waals surface area contributed by atoms with Crippen molar-refractivity contribution in [2.45, 2.75) is 151 Å². The van der Waals surface area contributed by atoms with Crippen LogP contribution in [0.3, 0.4) is 0 Å². The lowest BCUT2D eigenvalue weighted by Crippen LogP contribution is -2.59. The summed E-state index contributed by atoms with van der Waals surface area (Å²) in [6.07, 6.45) is 1.64. The van der Waals surface area contributed by atoms with Crippen molar-refractivity contribution in [3.05, 3.63) is 95.1 Å². The van der Waals surface area contributed by atoms with Crippen LogP contribution in [0.25, 0.3) is 0 Å². The molecular weight excluding hydrogens is 1000 g/mol. The van der Waals surface area contributed by atoms with E-state index in [1.165, 1.54) is 34.1 Å². The predicted octanol–water partition coefficient (Wildman–Crippen LogP) is 4.07. The summed E-state index contributed by atoms with van der Waals surface area (Å²) in [5.41, 5.74) is 1.01. The Kier molecular flexibility index (Phi) is 18.7. The van der Waals surface area contributed by atoms with Gasteiger partial charge < -0.3 is 52.3 Å². The van der Waals surface area contributed by atoms with E-state index in [1.54, 1.807) is 51.5 Å². The average molecular weight is 1080 g/mol. The maximum absolute atomic E-state index is 14.6. The van der Waals surface area contributed by atoms with Gasteiger partial charge in [0, 0.05) is 57.6 Å². The number of amides is 8. The van der Waals surface area contributed by atoms with Gasteiger partial charge in [0.2, 0.25) is 35.4 Å². The number of hydrogen-bond acceptors (Lipinski definition) is 12. The van der Waals surface area contributed by atoms with Gasteiger partial charge in [-0.1, -0.05) is 77.9 Å². The van der Waals surface area contributed by atoms with Gasteiger partial charge in [0.25, 0.3) is 11.8 Å². The van der Waals surface area contributed by atoms with Crippen molar-refractivity contribution in [3.63, 3.8) is 0 Å². The van der Waals surface area contributed by atoms with Crippen LogP contribution in [0.1, 0.15) is 125 Å². The Bertz CT molecular complexity index is 2480. The van der Waals surface area contributed by atoms with Crippen LogP contribution in [0.2, 0.25) is 0 Å². The van der Waals surface area contributed by atoms with Gasteiger partial charge in [0.05, 0.1) is 24.2 Å². The summed E-state index contributed by atoms with van der Waals surface area (Å²) in [6, 6.07) is 15.0. The Balaban J connectivity index is 1.06. The molecule has 10 atom stereocenters. The fourth-order valence-corrected chi connectivity index (χ4v) is 12.4. The number of rotatable bonds is 16. The maximum atomic E-state index is 14.6. The molecule has 4 aliphatic heterocycles. The fraction of sp³-hybridized carbons (Fsp3) is 0.536. The minimum absolute atomic E-state index is 0.00910. The van der Waals surface area contributed by atoms with Crippen LogP contribution >= 0.6 is 23.5 Å². The summed E-state index contributed by atoms with van der Waals surface area (Å²) in [5, 5.41) is 24.1. The second kappa shape index (κ2) is 24.6. The second-order valence-corrected chi connectivity index (χ2v) is 24.8. The van der Waals surface area contributed by atoms with Crippen molar-refractivity contribution >= 4 is 70.8 Å². The van der Waals surface area contributed by atoms with E-state index in [9.17, 15) is 38.4 Å². The molecule has 4 heterocycles. The van der Waals surface area contributed by atoms with Gasteiger partial charge in [-0.05, 0) is 112 Å². The molecule has 4 aliphatic rings. The van der Waals surface area contributed by atoms with Crippen LogP contribution in [0.5, 0.6) is 0 Å². The zero-order valence-corrected chi connectivity index (χ0v) is 47.0. The number of likely N-dealkylation sites (N-methyl/N-ethyl adjacent to an activating group) is 2. The van der Waals surface area contributed by atoms with Crippen LogP contribution < -0.4 is 42.5 Å². The average Bonchev–Trinajstić information content (AvgIpc) is 4.03. The molecule has 7 rings (SSSR count). The quantitative estimate of drug-likeness (QED) is 0.101. The lowest BCUT2D eigenvalue weighted by Gasteiger charge is -2.36. The van der Waals surface area contributed by atoms with Crippen molar-refractivity contribution in [2.24, 2.45) is 10.8 Å². The summed E-state index contributed by atoms with van der Waals surface area (Å²) < 4.78 is 0. The van der Waals surface area contributed by atoms with E-state index in [0.29, 0.717) is 12.8 Å². The molecule has 20 heteroatoms. The molecule has 0 saturated carbocycles. The largest absolute Gasteiger partial charge is 0.347 e. The zero-order chi connectivity index (χ0) is 55.2. The van der Waals surface area contributed by atoms with Gasteiger partial charge in [0.15, 0.2) is 0 Å². The smallest absolute Gasteiger partial charge is 0.251 e. The van der Waals surface area contributed by atoms with E-state index < -0.39 is 82.8 Å². The Labute approximate surface area is 455 Å². The number of likely N-dealkylation sites (tertiary alicyclic amines) is 2. The lowest BCUT2D eigenvalue weighted by molar-refractivity contribution is -0.144. The van der Waals surface area contributed by atoms with Crippen molar-refractivity contribution < 1.29 is 38.4 Å². The molecule has 0 radical (unpaired) electrons. The SMILES string of the molecule is CN[C@@H](C)C(=O)N[C@H](C(=O)N1C[C@@H](NC(=O)c2ccc(C(=O)N[C@H]3C[C@@H](C(=O)N[C@@H]4CCSc5ccccc54)N(C(=O)[C@@H](NC(=O)[C@H](C)NC)C(C)(C)C)C3)cc2)C[C@H]1C(=O)N[C@@H]1CCSc2ccccc21)C(C)(C)C. The molecule has 410 valence electrons. The molecule has 2 saturated heterocycles. The number of thioether (sulfide) groups is 2. The third-order valence-electron chi connectivity index (χ3n) is 14.9. The van der Waals surface area contributed by atoms with Crippen molar-refractivity contribution in [1.82, 2.24) is 52.3 Å². The summed E-state index contributed by atoms with van der Waals surface area (Å²) in [4.78, 5) is 117. The first-order chi connectivity index (χ1) is 36.0. The van der Waals surface area contributed by atoms with Gasteiger partial charge in [0.1, 0.15) is 24.2 Å². The normalized spacial score (nSPS) is 22.9. The first-order valence-corrected chi connectivity index (χ1v) is 28.3. The van der Waals surface area contributed by atoms with E-state index in [4.69, 9.17) is 0 Å². The minimum atomic E-state index is -0.985. The molecule has 0 spiro atoms. The fourth-order valence-electron chi connectivity index (χ4n) is 10.1. The third-order valence-corrected chi connectivity index (χ3v) is 17.1. The van der Waals surface area contributed by atoms with Gasteiger partial charge >= 0.3 is 0 Å². The number of fused-ring (bicyclic) bond motifs is 2. The van der Waals surface area contributed by atoms with E-state index in [-0.39, 0.29) is 72.8 Å². The second-order valence-electron chi connectivity index (χ2n) is 22.5. The standard InChI is InChI=1S/C56H76N10O8S2/c1-31(57-9)47(67)63-45(55(3,4)5)53(73)65-29-35(27-41(65)51(71)61-39-23-25-75-43-17-13-11-15-37(39)43)59-49(69)33-19-21-34(22-20-33)50(70)60-36-28-42(52(72)62-40-24-26-76-44-18-14-12-16-38(40)44)66(30-36)54(74)46(56(6,7)8)64-48(68)32(2)58-10/h11-22,31-32,35-36,39-42,45-46,57-58H,23-30H2,1-10H3,(H,59,69)(H,60,70)(H,61,71)(H,62,72)(H,63,67)(H,64,68)/t31-,32-,35-,36-,39+,40+,41-,42-,45+,46+/m0/s1. The molecule has 8 amide bonds. The maximum Gasteiger partial charge on any atom is 0.251 e. The number of carbonyl (C=O) groups excluding carboxylic acids is 8. The van der Waals surface area contributed by atoms with Crippen LogP contribution in [0, 0.1) is 10.8 Å². The summed E-state index contributed by atoms with van der Waals surface area (Å²) in [6.45, 7) is 14.5. The summed E-state index contributed by atoms with van der Waals surface area (Å²) >= 11 is 3.45. The zero-order valence-electron chi connectivity index (χ0n) is 45.3. The number of hydrogen-bond donors (Lipinski definition) is 8. The van der Waals surface area contributed by atoms with Gasteiger partial charge in [-0.15, -0.1) is 23.5 Å². The van der Waals surface area contributed by atoms with E-state index >= 15 is 0 Å². The van der Waals surface area contributed by atoms with Gasteiger partial charge in [-0.3, -0.25) is 38.4 Å². The molecule has 3 aromatic carbocycles. The van der Waals surface area contributed by atoms with Crippen LogP contribution in [-0.4, -0.2) is 144 Å². The highest BCUT2D eigenvalue weighted by atomic mass is 32.2. The summed E-state index contributed by atoms with van der Waals surface area (Å²) in [7, 11) is 3.31. The van der Waals surface area contributed by atoms with E-state index in [0.717, 1.165) is 32.4 Å². The van der Waals surface area contributed by atoms with Crippen LogP contribution in [0.4, 0.5) is 0 Å². The number of nitrogens with zero attached hydrogens (tertiary/aromatic N) is 2. The number of carbonyl (C=O) groups is 8. The molecule has 0 unspecified atom stereocenters. The molecular formula is C56H76N10O8S2. The van der Waals surface area contributed by atoms with Crippen molar-refractivity contribution in [1.29, 1.82) is 0 Å². The molecule has 2 fully saturated rings. The molecule has 8 N–H and O–H groups in total. The van der Waals surface area contributed by atoms with Gasteiger partial charge in [-0.25, -0.2) is 0 Å². The number of benzene rings is 3.